The number of carbonyl (C=O) groups excluding carboxylic acids is 2. The van der Waals surface area contributed by atoms with E-state index < -0.39 is 41.0 Å². The van der Waals surface area contributed by atoms with Gasteiger partial charge in [-0.1, -0.05) is 12.1 Å². The van der Waals surface area contributed by atoms with Crippen LogP contribution < -0.4 is 5.32 Å². The Kier molecular flexibility index (Phi) is 6.14. The van der Waals surface area contributed by atoms with Gasteiger partial charge in [0, 0.05) is 11.9 Å². The zero-order chi connectivity index (χ0) is 19.3. The Morgan fingerprint density at radius 1 is 1.08 bits per heavy atom. The fourth-order valence-electron chi connectivity index (χ4n) is 2.03. The molecule has 0 aliphatic heterocycles. The lowest BCUT2D eigenvalue weighted by Crippen LogP contribution is -2.21. The van der Waals surface area contributed by atoms with Crippen LogP contribution in [0.3, 0.4) is 0 Å². The number of esters is 1. The summed E-state index contributed by atoms with van der Waals surface area (Å²) in [5, 5.41) is 2.32. The van der Waals surface area contributed by atoms with Crippen LogP contribution >= 0.6 is 0 Å². The molecule has 26 heavy (non-hydrogen) atoms. The first kappa shape index (κ1) is 19.6. The number of nitrogens with one attached hydrogen (secondary N) is 1. The molecule has 5 nitrogen and oxygen atoms in total. The number of rotatable bonds is 5. The summed E-state index contributed by atoms with van der Waals surface area (Å²) in [4.78, 5) is 24.1. The third kappa shape index (κ3) is 5.16. The number of anilines is 1. The minimum absolute atomic E-state index is 0.0793. The Morgan fingerprint density at radius 3 is 2.27 bits per heavy atom. The van der Waals surface area contributed by atoms with Crippen molar-refractivity contribution in [2.24, 2.45) is 0 Å². The summed E-state index contributed by atoms with van der Waals surface area (Å²) in [5.74, 6) is -1.54. The van der Waals surface area contributed by atoms with E-state index in [0.717, 1.165) is 24.3 Å². The van der Waals surface area contributed by atoms with E-state index in [9.17, 15) is 27.0 Å². The molecule has 1 N–H and O–H groups in total. The predicted molar refractivity (Wildman–Crippen MR) is 89.1 cm³/mol. The van der Waals surface area contributed by atoms with Gasteiger partial charge in [-0.15, -0.1) is 0 Å². The summed E-state index contributed by atoms with van der Waals surface area (Å²) in [7, 11) is -1.41. The predicted octanol–water partition coefficient (Wildman–Crippen LogP) is 3.24. The van der Waals surface area contributed by atoms with Crippen LogP contribution in [0.25, 0.3) is 0 Å². The summed E-state index contributed by atoms with van der Waals surface area (Å²) in [6, 6.07) is 9.96. The first-order chi connectivity index (χ1) is 12.2. The van der Waals surface area contributed by atoms with Crippen molar-refractivity contribution < 1.29 is 31.7 Å². The van der Waals surface area contributed by atoms with Crippen LogP contribution in [0.5, 0.6) is 0 Å². The van der Waals surface area contributed by atoms with Gasteiger partial charge in [0.25, 0.3) is 5.91 Å². The summed E-state index contributed by atoms with van der Waals surface area (Å²) < 4.78 is 53.9. The molecule has 1 amide bonds. The maximum Gasteiger partial charge on any atom is 0.416 e. The molecule has 0 saturated carbocycles. The highest BCUT2D eigenvalue weighted by atomic mass is 32.2. The number of benzene rings is 2. The largest absolute Gasteiger partial charge is 0.452 e. The number of amides is 1. The van der Waals surface area contributed by atoms with Crippen molar-refractivity contribution in [3.05, 3.63) is 59.7 Å². The average molecular weight is 385 g/mol. The van der Waals surface area contributed by atoms with E-state index in [2.05, 4.69) is 5.32 Å². The average Bonchev–Trinajstić information content (AvgIpc) is 2.59. The van der Waals surface area contributed by atoms with Gasteiger partial charge in [-0.3, -0.25) is 9.00 Å². The fraction of sp³-hybridized carbons (Fsp3) is 0.176. The standard InChI is InChI=1S/C17H14F3NO4S/c1-26(24)14-5-3-2-4-13(14)16(23)25-10-15(22)21-12-8-6-11(7-9-12)17(18,19)20/h2-9H,10H2,1H3,(H,21,22)/t26-/m1/s1. The molecule has 0 bridgehead atoms. The molecule has 1 atom stereocenters. The van der Waals surface area contributed by atoms with Gasteiger partial charge in [-0.05, 0) is 36.4 Å². The highest BCUT2D eigenvalue weighted by Crippen LogP contribution is 2.29. The van der Waals surface area contributed by atoms with E-state index in [1.807, 2.05) is 0 Å². The van der Waals surface area contributed by atoms with Gasteiger partial charge in [-0.2, -0.15) is 13.2 Å². The highest BCUT2D eigenvalue weighted by Gasteiger charge is 2.30. The minimum atomic E-state index is -4.47. The molecule has 0 aliphatic rings. The second-order valence-electron chi connectivity index (χ2n) is 5.15. The fourth-order valence-corrected chi connectivity index (χ4v) is 2.77. The molecule has 0 aromatic heterocycles. The van der Waals surface area contributed by atoms with Gasteiger partial charge in [0.15, 0.2) is 6.61 Å². The van der Waals surface area contributed by atoms with E-state index in [0.29, 0.717) is 0 Å². The molecule has 0 saturated heterocycles. The summed E-state index contributed by atoms with van der Waals surface area (Å²) in [5.41, 5.74) is -0.629. The van der Waals surface area contributed by atoms with Crippen LogP contribution in [-0.4, -0.2) is 28.9 Å². The van der Waals surface area contributed by atoms with Crippen molar-refractivity contribution in [2.45, 2.75) is 11.1 Å². The minimum Gasteiger partial charge on any atom is -0.452 e. The maximum atomic E-state index is 12.5. The summed E-state index contributed by atoms with van der Waals surface area (Å²) in [6.07, 6.45) is -3.06. The normalized spacial score (nSPS) is 12.3. The van der Waals surface area contributed by atoms with Crippen LogP contribution in [0.15, 0.2) is 53.4 Å². The van der Waals surface area contributed by atoms with Crippen LogP contribution in [0.2, 0.25) is 0 Å². The molecule has 2 rings (SSSR count). The van der Waals surface area contributed by atoms with Gasteiger partial charge in [0.05, 0.1) is 26.8 Å². The Balaban J connectivity index is 1.95. The third-order valence-corrected chi connectivity index (χ3v) is 4.22. The molecule has 138 valence electrons. The number of hydrogen-bond donors (Lipinski definition) is 1. The quantitative estimate of drug-likeness (QED) is 0.802. The molecule has 9 heteroatoms. The van der Waals surface area contributed by atoms with Gasteiger partial charge >= 0.3 is 12.1 Å². The van der Waals surface area contributed by atoms with Crippen molar-refractivity contribution in [2.75, 3.05) is 18.2 Å². The molecular formula is C17H14F3NO4S. The number of hydrogen-bond acceptors (Lipinski definition) is 4. The first-order valence-corrected chi connectivity index (χ1v) is 8.81. The van der Waals surface area contributed by atoms with Gasteiger partial charge < -0.3 is 10.1 Å². The van der Waals surface area contributed by atoms with Crippen LogP contribution in [0.1, 0.15) is 15.9 Å². The molecule has 2 aromatic carbocycles. The molecule has 0 spiro atoms. The Morgan fingerprint density at radius 2 is 1.69 bits per heavy atom. The summed E-state index contributed by atoms with van der Waals surface area (Å²) in [6.45, 7) is -0.634. The van der Waals surface area contributed by atoms with Crippen molar-refractivity contribution in [3.63, 3.8) is 0 Å². The van der Waals surface area contributed by atoms with Crippen molar-refractivity contribution in [1.29, 1.82) is 0 Å². The van der Waals surface area contributed by atoms with Gasteiger partial charge in [-0.25, -0.2) is 4.79 Å². The molecule has 0 radical (unpaired) electrons. The van der Waals surface area contributed by atoms with E-state index >= 15 is 0 Å². The lowest BCUT2D eigenvalue weighted by atomic mass is 10.2. The Labute approximate surface area is 149 Å². The lowest BCUT2D eigenvalue weighted by Gasteiger charge is -2.10. The van der Waals surface area contributed by atoms with E-state index in [4.69, 9.17) is 4.74 Å². The number of ether oxygens (including phenoxy) is 1. The number of halogens is 3. The Hall–Kier alpha value is -2.68. The van der Waals surface area contributed by atoms with E-state index in [1.165, 1.54) is 18.4 Å². The number of alkyl halides is 3. The molecular weight excluding hydrogens is 371 g/mol. The van der Waals surface area contributed by atoms with Gasteiger partial charge in [0.1, 0.15) is 0 Å². The topological polar surface area (TPSA) is 72.5 Å². The smallest absolute Gasteiger partial charge is 0.416 e. The first-order valence-electron chi connectivity index (χ1n) is 7.25. The van der Waals surface area contributed by atoms with Crippen molar-refractivity contribution >= 4 is 28.4 Å². The zero-order valence-corrected chi connectivity index (χ0v) is 14.3. The zero-order valence-electron chi connectivity index (χ0n) is 13.5. The van der Waals surface area contributed by atoms with Crippen LogP contribution in [0.4, 0.5) is 18.9 Å². The molecule has 0 fully saturated rings. The highest BCUT2D eigenvalue weighted by molar-refractivity contribution is 7.84. The van der Waals surface area contributed by atoms with Gasteiger partial charge in [0.2, 0.25) is 0 Å². The lowest BCUT2D eigenvalue weighted by molar-refractivity contribution is -0.137. The van der Waals surface area contributed by atoms with Crippen LogP contribution in [-0.2, 0) is 26.5 Å². The van der Waals surface area contributed by atoms with E-state index in [1.54, 1.807) is 12.1 Å². The van der Waals surface area contributed by atoms with Crippen molar-refractivity contribution in [1.82, 2.24) is 0 Å². The Bertz CT molecular complexity index is 835. The molecule has 0 unspecified atom stereocenters. The molecule has 0 aliphatic carbocycles. The maximum absolute atomic E-state index is 12.5. The molecule has 2 aromatic rings. The second-order valence-corrected chi connectivity index (χ2v) is 6.50. The number of carbonyl (C=O) groups is 2. The summed E-state index contributed by atoms with van der Waals surface area (Å²) >= 11 is 0. The third-order valence-electron chi connectivity index (χ3n) is 3.25. The van der Waals surface area contributed by atoms with E-state index in [-0.39, 0.29) is 16.1 Å². The van der Waals surface area contributed by atoms with Crippen molar-refractivity contribution in [3.8, 4) is 0 Å². The second kappa shape index (κ2) is 8.13. The molecule has 0 heterocycles. The SMILES string of the molecule is C[S@@](=O)c1ccccc1C(=O)OCC(=O)Nc1ccc(C(F)(F)F)cc1. The monoisotopic (exact) mass is 385 g/mol. The van der Waals surface area contributed by atoms with Crippen LogP contribution in [0, 0.1) is 0 Å².